The van der Waals surface area contributed by atoms with Crippen molar-refractivity contribution in [2.24, 2.45) is 5.73 Å². The van der Waals surface area contributed by atoms with Crippen LogP contribution < -0.4 is 25.4 Å². The molecule has 0 aliphatic heterocycles. The number of amides is 2. The summed E-state index contributed by atoms with van der Waals surface area (Å²) in [5.74, 6) is 1.06. The summed E-state index contributed by atoms with van der Waals surface area (Å²) in [7, 11) is 3.19. The predicted molar refractivity (Wildman–Crippen MR) is 120 cm³/mol. The number of nitrogens with two attached hydrogens (primary N) is 1. The zero-order valence-corrected chi connectivity index (χ0v) is 17.6. The normalized spacial score (nSPS) is 10.2. The fraction of sp³-hybridized carbons (Fsp3) is 0.238. The second-order valence-corrected chi connectivity index (χ2v) is 6.06. The molecule has 0 saturated carbocycles. The molecule has 0 saturated heterocycles. The minimum Gasteiger partial charge on any atom is -0.497 e. The van der Waals surface area contributed by atoms with Gasteiger partial charge in [-0.15, -0.1) is 12.4 Å². The SMILES string of the molecule is COc1cc(/C=C/c2ccc(N(CCNC(=O)CN)C(=O)O)cc2)cc(OC)c1.Cl. The van der Waals surface area contributed by atoms with Crippen LogP contribution in [0.15, 0.2) is 42.5 Å². The van der Waals surface area contributed by atoms with E-state index >= 15 is 0 Å². The van der Waals surface area contributed by atoms with E-state index in [0.29, 0.717) is 17.2 Å². The molecule has 0 fully saturated rings. The molecule has 2 amide bonds. The van der Waals surface area contributed by atoms with Crippen molar-refractivity contribution in [3.05, 3.63) is 53.6 Å². The maximum Gasteiger partial charge on any atom is 0.411 e. The number of methoxy groups -OCH3 is 2. The van der Waals surface area contributed by atoms with E-state index in [0.717, 1.165) is 16.0 Å². The zero-order valence-electron chi connectivity index (χ0n) is 16.8. The first-order valence-electron chi connectivity index (χ1n) is 8.95. The molecule has 9 heteroatoms. The molecular formula is C21H26ClN3O5. The Morgan fingerprint density at radius 1 is 1.03 bits per heavy atom. The first-order chi connectivity index (χ1) is 14.0. The molecule has 2 aromatic carbocycles. The minimum atomic E-state index is -1.10. The van der Waals surface area contributed by atoms with E-state index in [1.54, 1.807) is 32.4 Å². The van der Waals surface area contributed by atoms with Crippen LogP contribution in [0.3, 0.4) is 0 Å². The second kappa shape index (κ2) is 12.4. The molecule has 2 aromatic rings. The number of hydrogen-bond acceptors (Lipinski definition) is 5. The van der Waals surface area contributed by atoms with Gasteiger partial charge in [0.15, 0.2) is 0 Å². The van der Waals surface area contributed by atoms with Gasteiger partial charge < -0.3 is 25.6 Å². The van der Waals surface area contributed by atoms with Gasteiger partial charge in [0.05, 0.1) is 20.8 Å². The highest BCUT2D eigenvalue weighted by atomic mass is 35.5. The Hall–Kier alpha value is -3.23. The average molecular weight is 436 g/mol. The van der Waals surface area contributed by atoms with Gasteiger partial charge in [0, 0.05) is 24.8 Å². The maximum absolute atomic E-state index is 11.5. The van der Waals surface area contributed by atoms with Crippen LogP contribution in [0.4, 0.5) is 10.5 Å². The molecule has 8 nitrogen and oxygen atoms in total. The number of ether oxygens (including phenoxy) is 2. The van der Waals surface area contributed by atoms with Crippen LogP contribution in [0.2, 0.25) is 0 Å². The predicted octanol–water partition coefficient (Wildman–Crippen LogP) is 2.86. The smallest absolute Gasteiger partial charge is 0.411 e. The van der Waals surface area contributed by atoms with E-state index in [1.165, 1.54) is 0 Å². The largest absolute Gasteiger partial charge is 0.497 e. The number of benzene rings is 2. The number of nitrogens with one attached hydrogen (secondary N) is 1. The number of carboxylic acid groups (broad SMARTS) is 1. The summed E-state index contributed by atoms with van der Waals surface area (Å²) < 4.78 is 10.5. The molecule has 0 unspecified atom stereocenters. The molecule has 0 aliphatic rings. The third kappa shape index (κ3) is 7.31. The van der Waals surface area contributed by atoms with Gasteiger partial charge in [-0.3, -0.25) is 9.69 Å². The van der Waals surface area contributed by atoms with Crippen LogP contribution in [0, 0.1) is 0 Å². The molecule has 4 N–H and O–H groups in total. The summed E-state index contributed by atoms with van der Waals surface area (Å²) in [5, 5.41) is 12.0. The van der Waals surface area contributed by atoms with Crippen LogP contribution in [0.1, 0.15) is 11.1 Å². The first kappa shape index (κ1) is 24.8. The molecule has 0 spiro atoms. The van der Waals surface area contributed by atoms with Crippen molar-refractivity contribution < 1.29 is 24.2 Å². The summed E-state index contributed by atoms with van der Waals surface area (Å²) in [5.41, 5.74) is 7.54. The molecule has 162 valence electrons. The fourth-order valence-corrected chi connectivity index (χ4v) is 2.60. The minimum absolute atomic E-state index is 0. The third-order valence-electron chi connectivity index (χ3n) is 4.12. The summed E-state index contributed by atoms with van der Waals surface area (Å²) in [6, 6.07) is 12.6. The van der Waals surface area contributed by atoms with Crippen molar-refractivity contribution in [3.63, 3.8) is 0 Å². The van der Waals surface area contributed by atoms with Crippen molar-refractivity contribution in [2.45, 2.75) is 0 Å². The van der Waals surface area contributed by atoms with Crippen molar-refractivity contribution in [2.75, 3.05) is 38.8 Å². The number of carbonyl (C=O) groups is 2. The molecule has 0 heterocycles. The van der Waals surface area contributed by atoms with Crippen LogP contribution in [0.25, 0.3) is 12.2 Å². The van der Waals surface area contributed by atoms with E-state index in [1.807, 2.05) is 36.4 Å². The van der Waals surface area contributed by atoms with Gasteiger partial charge in [0.1, 0.15) is 11.5 Å². The maximum atomic E-state index is 11.5. The van der Waals surface area contributed by atoms with E-state index in [-0.39, 0.29) is 37.9 Å². The summed E-state index contributed by atoms with van der Waals surface area (Å²) in [6.45, 7) is 0.175. The third-order valence-corrected chi connectivity index (χ3v) is 4.12. The molecule has 2 rings (SSSR count). The lowest BCUT2D eigenvalue weighted by Gasteiger charge is -2.19. The van der Waals surface area contributed by atoms with E-state index in [4.69, 9.17) is 15.2 Å². The van der Waals surface area contributed by atoms with Gasteiger partial charge in [-0.2, -0.15) is 0 Å². The Kier molecular flexibility index (Phi) is 10.2. The van der Waals surface area contributed by atoms with Gasteiger partial charge in [-0.05, 0) is 35.4 Å². The van der Waals surface area contributed by atoms with Crippen molar-refractivity contribution in [3.8, 4) is 11.5 Å². The lowest BCUT2D eigenvalue weighted by atomic mass is 10.1. The quantitative estimate of drug-likeness (QED) is 0.522. The monoisotopic (exact) mass is 435 g/mol. The summed E-state index contributed by atoms with van der Waals surface area (Å²) in [4.78, 5) is 23.9. The van der Waals surface area contributed by atoms with Crippen LogP contribution in [0.5, 0.6) is 11.5 Å². The molecule has 0 radical (unpaired) electrons. The Morgan fingerprint density at radius 2 is 1.60 bits per heavy atom. The van der Waals surface area contributed by atoms with E-state index in [9.17, 15) is 14.7 Å². The first-order valence-corrected chi connectivity index (χ1v) is 8.95. The summed E-state index contributed by atoms with van der Waals surface area (Å²) in [6.07, 6.45) is 2.72. The molecule has 0 bridgehead atoms. The topological polar surface area (TPSA) is 114 Å². The Morgan fingerprint density at radius 3 is 2.10 bits per heavy atom. The van der Waals surface area contributed by atoms with Gasteiger partial charge >= 0.3 is 6.09 Å². The molecule has 30 heavy (non-hydrogen) atoms. The van der Waals surface area contributed by atoms with Crippen molar-refractivity contribution in [1.29, 1.82) is 0 Å². The average Bonchev–Trinajstić information content (AvgIpc) is 2.75. The number of halogens is 1. The second-order valence-electron chi connectivity index (χ2n) is 6.06. The summed E-state index contributed by atoms with van der Waals surface area (Å²) >= 11 is 0. The zero-order chi connectivity index (χ0) is 21.2. The van der Waals surface area contributed by atoms with E-state index < -0.39 is 6.09 Å². The molecule has 0 aliphatic carbocycles. The lowest BCUT2D eigenvalue weighted by Crippen LogP contribution is -2.39. The van der Waals surface area contributed by atoms with Gasteiger partial charge in [-0.1, -0.05) is 24.3 Å². The van der Waals surface area contributed by atoms with E-state index in [2.05, 4.69) is 5.32 Å². The van der Waals surface area contributed by atoms with Crippen LogP contribution >= 0.6 is 12.4 Å². The lowest BCUT2D eigenvalue weighted by molar-refractivity contribution is -0.119. The molecule has 0 aromatic heterocycles. The number of hydrogen-bond donors (Lipinski definition) is 3. The molecule has 0 atom stereocenters. The standard InChI is InChI=1S/C21H25N3O5.ClH/c1-28-18-11-16(12-19(13-18)29-2)4-3-15-5-7-17(8-6-15)24(21(26)27)10-9-23-20(25)14-22;/h3-8,11-13H,9-10,14,22H2,1-2H3,(H,23,25)(H,26,27);1H/b4-3+;. The van der Waals surface area contributed by atoms with Crippen molar-refractivity contribution in [1.82, 2.24) is 5.32 Å². The number of rotatable bonds is 9. The highest BCUT2D eigenvalue weighted by Crippen LogP contribution is 2.24. The van der Waals surface area contributed by atoms with Crippen LogP contribution in [-0.4, -0.2) is 51.0 Å². The van der Waals surface area contributed by atoms with Gasteiger partial charge in [0.2, 0.25) is 5.91 Å². The van der Waals surface area contributed by atoms with Crippen molar-refractivity contribution >= 4 is 42.2 Å². The van der Waals surface area contributed by atoms with Crippen LogP contribution in [-0.2, 0) is 4.79 Å². The highest BCUT2D eigenvalue weighted by Gasteiger charge is 2.14. The Balaban J connectivity index is 0.00000450. The fourth-order valence-electron chi connectivity index (χ4n) is 2.60. The number of carbonyl (C=O) groups excluding carboxylic acids is 1. The number of nitrogens with zero attached hydrogens (tertiary/aromatic N) is 1. The number of anilines is 1. The Bertz CT molecular complexity index is 849. The highest BCUT2D eigenvalue weighted by molar-refractivity contribution is 5.86. The molecular weight excluding hydrogens is 410 g/mol. The van der Waals surface area contributed by atoms with Gasteiger partial charge in [0.25, 0.3) is 0 Å². The Labute approximate surface area is 181 Å². The van der Waals surface area contributed by atoms with Gasteiger partial charge in [-0.25, -0.2) is 4.79 Å².